The number of esters is 2. The molecule has 168 valence electrons. The normalized spacial score (nSPS) is 28.7. The molecule has 0 bridgehead atoms. The largest absolute Gasteiger partial charge is 0.458 e. The molecule has 0 spiro atoms. The van der Waals surface area contributed by atoms with Crippen LogP contribution < -0.4 is 0 Å². The lowest BCUT2D eigenvalue weighted by atomic mass is 9.84. The van der Waals surface area contributed by atoms with E-state index in [1.54, 1.807) is 36.7 Å². The molecule has 2 aromatic heterocycles. The van der Waals surface area contributed by atoms with Crippen molar-refractivity contribution in [2.45, 2.75) is 63.4 Å². The summed E-state index contributed by atoms with van der Waals surface area (Å²) in [5.74, 6) is -0.449. The molecule has 2 saturated heterocycles. The Morgan fingerprint density at radius 1 is 0.903 bits per heavy atom. The van der Waals surface area contributed by atoms with Crippen molar-refractivity contribution >= 4 is 11.9 Å². The molecule has 0 aliphatic carbocycles. The molecular formula is C23H30N2O6. The van der Waals surface area contributed by atoms with Crippen molar-refractivity contribution in [3.05, 3.63) is 48.0 Å². The van der Waals surface area contributed by atoms with E-state index < -0.39 is 0 Å². The Hall–Kier alpha value is -2.58. The summed E-state index contributed by atoms with van der Waals surface area (Å²) in [4.78, 5) is 29.7. The third-order valence-electron chi connectivity index (χ3n) is 6.13. The number of aromatic nitrogens is 2. The minimum atomic E-state index is -0.365. The highest BCUT2D eigenvalue weighted by Gasteiger charge is 2.37. The summed E-state index contributed by atoms with van der Waals surface area (Å²) < 4.78 is 23.2. The Kier molecular flexibility index (Phi) is 7.09. The Balaban J connectivity index is 1.21. The topological polar surface area (TPSA) is 103 Å². The van der Waals surface area contributed by atoms with Gasteiger partial charge in [-0.2, -0.15) is 0 Å². The summed E-state index contributed by atoms with van der Waals surface area (Å²) in [6.45, 7) is 2.56. The highest BCUT2D eigenvalue weighted by molar-refractivity contribution is 5.87. The number of aromatic amines is 2. The highest BCUT2D eigenvalue weighted by Crippen LogP contribution is 2.34. The molecule has 2 N–H and O–H groups in total. The molecule has 2 aliphatic rings. The zero-order valence-electron chi connectivity index (χ0n) is 17.8. The first-order valence-electron chi connectivity index (χ1n) is 11.0. The van der Waals surface area contributed by atoms with Crippen LogP contribution in [0.25, 0.3) is 0 Å². The van der Waals surface area contributed by atoms with Gasteiger partial charge in [-0.25, -0.2) is 9.59 Å². The van der Waals surface area contributed by atoms with Gasteiger partial charge in [0.25, 0.3) is 0 Å². The van der Waals surface area contributed by atoms with Crippen LogP contribution in [0.3, 0.4) is 0 Å². The zero-order valence-corrected chi connectivity index (χ0v) is 17.8. The van der Waals surface area contributed by atoms with Gasteiger partial charge in [-0.15, -0.1) is 0 Å². The molecule has 0 aromatic carbocycles. The highest BCUT2D eigenvalue weighted by atomic mass is 16.6. The first-order valence-corrected chi connectivity index (χ1v) is 11.0. The molecule has 0 saturated carbocycles. The van der Waals surface area contributed by atoms with Crippen LogP contribution in [0.1, 0.15) is 60.0 Å². The van der Waals surface area contributed by atoms with E-state index in [1.165, 1.54) is 0 Å². The van der Waals surface area contributed by atoms with E-state index in [9.17, 15) is 9.59 Å². The minimum absolute atomic E-state index is 0.00755. The minimum Gasteiger partial charge on any atom is -0.458 e. The lowest BCUT2D eigenvalue weighted by Crippen LogP contribution is -2.45. The van der Waals surface area contributed by atoms with E-state index in [0.29, 0.717) is 11.4 Å². The van der Waals surface area contributed by atoms with E-state index in [2.05, 4.69) is 16.9 Å². The van der Waals surface area contributed by atoms with Crippen LogP contribution in [-0.2, 0) is 18.9 Å². The third kappa shape index (κ3) is 5.57. The number of ether oxygens (including phenoxy) is 4. The molecule has 5 unspecified atom stereocenters. The van der Waals surface area contributed by atoms with Crippen molar-refractivity contribution in [1.29, 1.82) is 0 Å². The Morgan fingerprint density at radius 3 is 2.06 bits per heavy atom. The molecule has 31 heavy (non-hydrogen) atoms. The van der Waals surface area contributed by atoms with Crippen molar-refractivity contribution < 1.29 is 28.5 Å². The number of nitrogens with one attached hydrogen (secondary N) is 2. The summed E-state index contributed by atoms with van der Waals surface area (Å²) in [6, 6.07) is 6.91. The van der Waals surface area contributed by atoms with Crippen molar-refractivity contribution in [2.75, 3.05) is 13.2 Å². The van der Waals surface area contributed by atoms with Gasteiger partial charge in [0.15, 0.2) is 0 Å². The first-order chi connectivity index (χ1) is 15.1. The van der Waals surface area contributed by atoms with Gasteiger partial charge in [0.2, 0.25) is 0 Å². The fraction of sp³-hybridized carbons (Fsp3) is 0.565. The standard InChI is InChI=1S/C23H30N2O6/c1-15-18(10-9-17(30-15)14-29-23(27)20-7-4-12-25-20)21-8-2-5-16(31-21)13-28-22(26)19-6-3-11-24-19/h3-4,6-7,11-12,15-18,21,24-25H,2,5,8-10,13-14H2,1H3. The van der Waals surface area contributed by atoms with Gasteiger partial charge >= 0.3 is 11.9 Å². The molecule has 4 rings (SSSR count). The van der Waals surface area contributed by atoms with Gasteiger partial charge in [-0.1, -0.05) is 0 Å². The molecule has 0 radical (unpaired) electrons. The van der Waals surface area contributed by atoms with E-state index in [0.717, 1.165) is 32.1 Å². The predicted molar refractivity (Wildman–Crippen MR) is 112 cm³/mol. The summed E-state index contributed by atoms with van der Waals surface area (Å²) in [7, 11) is 0. The van der Waals surface area contributed by atoms with Crippen molar-refractivity contribution in [3.63, 3.8) is 0 Å². The van der Waals surface area contributed by atoms with Crippen LogP contribution in [0, 0.1) is 5.92 Å². The van der Waals surface area contributed by atoms with Crippen LogP contribution >= 0.6 is 0 Å². The molecular weight excluding hydrogens is 400 g/mol. The summed E-state index contributed by atoms with van der Waals surface area (Å²) in [5, 5.41) is 0. The third-order valence-corrected chi connectivity index (χ3v) is 6.13. The molecule has 2 aliphatic heterocycles. The van der Waals surface area contributed by atoms with E-state index in [4.69, 9.17) is 18.9 Å². The van der Waals surface area contributed by atoms with E-state index >= 15 is 0 Å². The average Bonchev–Trinajstić information content (AvgIpc) is 3.50. The maximum atomic E-state index is 12.0. The van der Waals surface area contributed by atoms with Gasteiger partial charge in [0, 0.05) is 18.3 Å². The second-order valence-electron chi connectivity index (χ2n) is 8.30. The van der Waals surface area contributed by atoms with Gasteiger partial charge in [0.1, 0.15) is 24.6 Å². The fourth-order valence-electron chi connectivity index (χ4n) is 4.47. The molecule has 2 aromatic rings. The van der Waals surface area contributed by atoms with Crippen LogP contribution in [0.2, 0.25) is 0 Å². The summed E-state index contributed by atoms with van der Waals surface area (Å²) >= 11 is 0. The predicted octanol–water partition coefficient (Wildman–Crippen LogP) is 3.48. The second kappa shape index (κ2) is 10.2. The maximum absolute atomic E-state index is 12.0. The van der Waals surface area contributed by atoms with Gasteiger partial charge < -0.3 is 28.9 Å². The van der Waals surface area contributed by atoms with Crippen LogP contribution in [0.5, 0.6) is 0 Å². The molecule has 5 atom stereocenters. The number of carbonyl (C=O) groups excluding carboxylic acids is 2. The van der Waals surface area contributed by atoms with Crippen LogP contribution in [-0.4, -0.2) is 59.5 Å². The van der Waals surface area contributed by atoms with E-state index in [-0.39, 0.29) is 55.5 Å². The lowest BCUT2D eigenvalue weighted by molar-refractivity contribution is -0.162. The zero-order chi connectivity index (χ0) is 21.6. The monoisotopic (exact) mass is 430 g/mol. The average molecular weight is 431 g/mol. The van der Waals surface area contributed by atoms with Crippen molar-refractivity contribution in [3.8, 4) is 0 Å². The molecule has 8 nitrogen and oxygen atoms in total. The number of carbonyl (C=O) groups is 2. The fourth-order valence-corrected chi connectivity index (χ4v) is 4.47. The molecule has 8 heteroatoms. The number of hydrogen-bond acceptors (Lipinski definition) is 6. The van der Waals surface area contributed by atoms with Crippen molar-refractivity contribution in [1.82, 2.24) is 9.97 Å². The van der Waals surface area contributed by atoms with E-state index in [1.807, 2.05) is 0 Å². The first kappa shape index (κ1) is 21.6. The van der Waals surface area contributed by atoms with Gasteiger partial charge in [-0.05, 0) is 63.3 Å². The number of H-pyrrole nitrogens is 2. The molecule has 0 amide bonds. The van der Waals surface area contributed by atoms with Crippen molar-refractivity contribution in [2.24, 2.45) is 5.92 Å². The summed E-state index contributed by atoms with van der Waals surface area (Å²) in [6.07, 6.45) is 7.95. The Bertz CT molecular complexity index is 834. The Labute approximate surface area is 181 Å². The van der Waals surface area contributed by atoms with Gasteiger partial charge in [0.05, 0.1) is 24.4 Å². The SMILES string of the molecule is CC1OC(COC(=O)c2ccc[nH]2)CCC1C1CCCC(COC(=O)c2ccc[nH]2)O1. The lowest BCUT2D eigenvalue weighted by Gasteiger charge is -2.41. The Morgan fingerprint density at radius 2 is 1.52 bits per heavy atom. The summed E-state index contributed by atoms with van der Waals surface area (Å²) in [5.41, 5.74) is 0.894. The second-order valence-corrected chi connectivity index (χ2v) is 8.30. The molecule has 4 heterocycles. The maximum Gasteiger partial charge on any atom is 0.354 e. The smallest absolute Gasteiger partial charge is 0.354 e. The number of hydrogen-bond donors (Lipinski definition) is 2. The van der Waals surface area contributed by atoms with Crippen LogP contribution in [0.4, 0.5) is 0 Å². The quantitative estimate of drug-likeness (QED) is 0.652. The van der Waals surface area contributed by atoms with Crippen LogP contribution in [0.15, 0.2) is 36.7 Å². The number of rotatable bonds is 7. The van der Waals surface area contributed by atoms with Gasteiger partial charge in [-0.3, -0.25) is 0 Å². The molecule has 2 fully saturated rings.